The van der Waals surface area contributed by atoms with Gasteiger partial charge < -0.3 is 9.84 Å². The van der Waals surface area contributed by atoms with Crippen LogP contribution in [0, 0.1) is 6.92 Å². The van der Waals surface area contributed by atoms with Gasteiger partial charge in [0.2, 0.25) is 5.76 Å². The molecule has 0 saturated heterocycles. The fourth-order valence-corrected chi connectivity index (χ4v) is 2.37. The predicted octanol–water partition coefficient (Wildman–Crippen LogP) is 2.92. The van der Waals surface area contributed by atoms with E-state index in [0.29, 0.717) is 11.6 Å². The first-order chi connectivity index (χ1) is 9.13. The molecular weight excluding hydrogens is 264 g/mol. The second-order valence-corrected chi connectivity index (χ2v) is 5.25. The fraction of sp³-hybridized carbons (Fsp3) is 0.286. The summed E-state index contributed by atoms with van der Waals surface area (Å²) in [6.07, 6.45) is 0.930. The molecule has 4 nitrogen and oxygen atoms in total. The molecule has 1 aromatic heterocycles. The Morgan fingerprint density at radius 3 is 3.00 bits per heavy atom. The van der Waals surface area contributed by atoms with Crippen LogP contribution in [0.2, 0.25) is 5.02 Å². The minimum absolute atomic E-state index is 0.149. The van der Waals surface area contributed by atoms with Crippen LogP contribution < -0.4 is 5.32 Å². The van der Waals surface area contributed by atoms with E-state index in [4.69, 9.17) is 16.1 Å². The van der Waals surface area contributed by atoms with Gasteiger partial charge in [-0.1, -0.05) is 28.9 Å². The van der Waals surface area contributed by atoms with Crippen LogP contribution in [0.25, 0.3) is 0 Å². The normalized spacial score (nSPS) is 21.2. The summed E-state index contributed by atoms with van der Waals surface area (Å²) in [6.45, 7) is 1.78. The molecule has 1 saturated carbocycles. The Balaban J connectivity index is 1.63. The lowest BCUT2D eigenvalue weighted by atomic mass is 10.1. The first-order valence-corrected chi connectivity index (χ1v) is 6.51. The Hall–Kier alpha value is -1.81. The number of carbonyl (C=O) groups excluding carboxylic acids is 1. The van der Waals surface area contributed by atoms with E-state index in [-0.39, 0.29) is 17.7 Å². The molecule has 2 aromatic rings. The van der Waals surface area contributed by atoms with E-state index in [0.717, 1.165) is 17.0 Å². The smallest absolute Gasteiger partial charge is 0.290 e. The fourth-order valence-electron chi connectivity index (χ4n) is 2.17. The monoisotopic (exact) mass is 276 g/mol. The SMILES string of the molecule is Cc1cc(C(=O)NC2CC2c2cccc(Cl)c2)on1. The topological polar surface area (TPSA) is 55.1 Å². The van der Waals surface area contributed by atoms with Crippen LogP contribution in [-0.2, 0) is 0 Å². The summed E-state index contributed by atoms with van der Waals surface area (Å²) >= 11 is 5.96. The number of nitrogens with one attached hydrogen (secondary N) is 1. The number of amides is 1. The van der Waals surface area contributed by atoms with Crippen molar-refractivity contribution in [3.8, 4) is 0 Å². The van der Waals surface area contributed by atoms with Gasteiger partial charge in [-0.3, -0.25) is 4.79 Å². The zero-order valence-electron chi connectivity index (χ0n) is 10.4. The Morgan fingerprint density at radius 2 is 2.32 bits per heavy atom. The van der Waals surface area contributed by atoms with Gasteiger partial charge in [0.25, 0.3) is 5.91 Å². The number of halogens is 1. The maximum atomic E-state index is 11.9. The van der Waals surface area contributed by atoms with Crippen molar-refractivity contribution < 1.29 is 9.32 Å². The maximum absolute atomic E-state index is 11.9. The molecule has 3 rings (SSSR count). The van der Waals surface area contributed by atoms with E-state index in [1.54, 1.807) is 13.0 Å². The molecule has 2 unspecified atom stereocenters. The molecule has 19 heavy (non-hydrogen) atoms. The quantitative estimate of drug-likeness (QED) is 0.938. The van der Waals surface area contributed by atoms with E-state index in [2.05, 4.69) is 10.5 Å². The van der Waals surface area contributed by atoms with Crippen molar-refractivity contribution in [2.24, 2.45) is 0 Å². The summed E-state index contributed by atoms with van der Waals surface area (Å²) in [4.78, 5) is 11.9. The van der Waals surface area contributed by atoms with Crippen LogP contribution in [0.15, 0.2) is 34.9 Å². The van der Waals surface area contributed by atoms with Crippen LogP contribution >= 0.6 is 11.6 Å². The minimum atomic E-state index is -0.213. The van der Waals surface area contributed by atoms with Gasteiger partial charge in [-0.2, -0.15) is 0 Å². The van der Waals surface area contributed by atoms with E-state index in [1.807, 2.05) is 24.3 Å². The summed E-state index contributed by atoms with van der Waals surface area (Å²) in [5.41, 5.74) is 1.86. The van der Waals surface area contributed by atoms with Crippen molar-refractivity contribution in [3.63, 3.8) is 0 Å². The number of aromatic nitrogens is 1. The van der Waals surface area contributed by atoms with Crippen LogP contribution in [0.5, 0.6) is 0 Å². The van der Waals surface area contributed by atoms with Gasteiger partial charge in [-0.25, -0.2) is 0 Å². The lowest BCUT2D eigenvalue weighted by Crippen LogP contribution is -2.26. The van der Waals surface area contributed by atoms with Gasteiger partial charge in [0.05, 0.1) is 5.69 Å². The van der Waals surface area contributed by atoms with Crippen molar-refractivity contribution in [2.45, 2.75) is 25.3 Å². The van der Waals surface area contributed by atoms with Gasteiger partial charge in [0, 0.05) is 23.0 Å². The number of carbonyl (C=O) groups is 1. The first kappa shape index (κ1) is 12.2. The van der Waals surface area contributed by atoms with E-state index in [9.17, 15) is 4.79 Å². The molecule has 98 valence electrons. The predicted molar refractivity (Wildman–Crippen MR) is 71.3 cm³/mol. The van der Waals surface area contributed by atoms with Gasteiger partial charge in [0.15, 0.2) is 0 Å². The number of hydrogen-bond acceptors (Lipinski definition) is 3. The van der Waals surface area contributed by atoms with Crippen molar-refractivity contribution >= 4 is 17.5 Å². The number of hydrogen-bond donors (Lipinski definition) is 1. The standard InChI is InChI=1S/C14H13ClN2O2/c1-8-5-13(19-17-8)14(18)16-12-7-11(12)9-3-2-4-10(15)6-9/h2-6,11-12H,7H2,1H3,(H,16,18). The molecule has 1 N–H and O–H groups in total. The molecule has 1 aromatic carbocycles. The highest BCUT2D eigenvalue weighted by Crippen LogP contribution is 2.41. The Morgan fingerprint density at radius 1 is 1.47 bits per heavy atom. The zero-order chi connectivity index (χ0) is 13.4. The molecular formula is C14H13ClN2O2. The van der Waals surface area contributed by atoms with E-state index < -0.39 is 0 Å². The van der Waals surface area contributed by atoms with Gasteiger partial charge in [0.1, 0.15) is 0 Å². The molecule has 0 spiro atoms. The van der Waals surface area contributed by atoms with Crippen LogP contribution in [0.3, 0.4) is 0 Å². The van der Waals surface area contributed by atoms with Crippen molar-refractivity contribution in [3.05, 3.63) is 52.4 Å². The second-order valence-electron chi connectivity index (χ2n) is 4.81. The Bertz CT molecular complexity index is 623. The van der Waals surface area contributed by atoms with Crippen molar-refractivity contribution in [2.75, 3.05) is 0 Å². The summed E-state index contributed by atoms with van der Waals surface area (Å²) < 4.78 is 4.93. The molecule has 1 amide bonds. The maximum Gasteiger partial charge on any atom is 0.290 e. The molecule has 0 aliphatic heterocycles. The van der Waals surface area contributed by atoms with Gasteiger partial charge in [-0.15, -0.1) is 0 Å². The highest BCUT2D eigenvalue weighted by molar-refractivity contribution is 6.30. The number of rotatable bonds is 3. The third kappa shape index (κ3) is 2.63. The summed E-state index contributed by atoms with van der Waals surface area (Å²) in [5, 5.41) is 7.36. The summed E-state index contributed by atoms with van der Waals surface area (Å²) in [6, 6.07) is 9.52. The molecule has 5 heteroatoms. The lowest BCUT2D eigenvalue weighted by molar-refractivity contribution is 0.0913. The van der Waals surface area contributed by atoms with Crippen LogP contribution in [0.4, 0.5) is 0 Å². The largest absolute Gasteiger partial charge is 0.351 e. The summed E-state index contributed by atoms with van der Waals surface area (Å²) in [7, 11) is 0. The second kappa shape index (κ2) is 4.70. The third-order valence-corrected chi connectivity index (χ3v) is 3.47. The summed E-state index contributed by atoms with van der Waals surface area (Å²) in [5.74, 6) is 0.385. The van der Waals surface area contributed by atoms with Gasteiger partial charge >= 0.3 is 0 Å². The molecule has 1 fully saturated rings. The highest BCUT2D eigenvalue weighted by atomic mass is 35.5. The van der Waals surface area contributed by atoms with E-state index in [1.165, 1.54) is 0 Å². The number of nitrogens with zero attached hydrogens (tertiary/aromatic N) is 1. The first-order valence-electron chi connectivity index (χ1n) is 6.13. The number of aryl methyl sites for hydroxylation is 1. The highest BCUT2D eigenvalue weighted by Gasteiger charge is 2.40. The van der Waals surface area contributed by atoms with Crippen LogP contribution in [0.1, 0.15) is 34.2 Å². The average Bonchev–Trinajstić information content (AvgIpc) is 3.00. The molecule has 1 heterocycles. The average molecular weight is 277 g/mol. The molecule has 0 bridgehead atoms. The Kier molecular flexibility index (Phi) is 3.03. The van der Waals surface area contributed by atoms with Crippen molar-refractivity contribution in [1.29, 1.82) is 0 Å². The molecule has 1 aliphatic carbocycles. The minimum Gasteiger partial charge on any atom is -0.351 e. The van der Waals surface area contributed by atoms with Crippen molar-refractivity contribution in [1.82, 2.24) is 10.5 Å². The van der Waals surface area contributed by atoms with Gasteiger partial charge in [-0.05, 0) is 31.0 Å². The lowest BCUT2D eigenvalue weighted by Gasteiger charge is -2.02. The molecule has 1 aliphatic rings. The molecule has 0 radical (unpaired) electrons. The third-order valence-electron chi connectivity index (χ3n) is 3.24. The number of benzene rings is 1. The zero-order valence-corrected chi connectivity index (χ0v) is 11.1. The van der Waals surface area contributed by atoms with Crippen LogP contribution in [-0.4, -0.2) is 17.1 Å². The van der Waals surface area contributed by atoms with E-state index >= 15 is 0 Å². The molecule has 2 atom stereocenters. The Labute approximate surface area is 115 Å².